The summed E-state index contributed by atoms with van der Waals surface area (Å²) < 4.78 is 66.4. The van der Waals surface area contributed by atoms with Crippen LogP contribution in [-0.2, 0) is 21.0 Å². The first-order valence-corrected chi connectivity index (χ1v) is 11.4. The van der Waals surface area contributed by atoms with Gasteiger partial charge in [-0.2, -0.15) is 17.5 Å². The van der Waals surface area contributed by atoms with Crippen molar-refractivity contribution in [2.45, 2.75) is 18.0 Å². The van der Waals surface area contributed by atoms with Crippen LogP contribution < -0.4 is 10.2 Å². The molecule has 0 aromatic heterocycles. The number of quaternary nitrogens is 1. The molecule has 0 atom stereocenters. The lowest BCUT2D eigenvalue weighted by molar-refractivity contribution is -0.895. The van der Waals surface area contributed by atoms with Gasteiger partial charge >= 0.3 is 6.18 Å². The number of sulfonamides is 1. The third-order valence-electron chi connectivity index (χ3n) is 5.36. The zero-order chi connectivity index (χ0) is 24.4. The number of carbonyl (C=O) groups excluding carboxylic acids is 1. The summed E-state index contributed by atoms with van der Waals surface area (Å²) in [5.41, 5.74) is -0.436. The number of aryl methyl sites for hydroxylation is 1. The molecule has 1 saturated heterocycles. The van der Waals surface area contributed by atoms with Crippen molar-refractivity contribution in [2.75, 3.05) is 38.0 Å². The molecule has 0 spiro atoms. The van der Waals surface area contributed by atoms with E-state index in [4.69, 9.17) is 0 Å². The number of anilines is 1. The quantitative estimate of drug-likeness (QED) is 0.473. The number of non-ortho nitro benzene ring substituents is 1. The van der Waals surface area contributed by atoms with E-state index in [1.807, 2.05) is 0 Å². The van der Waals surface area contributed by atoms with Crippen LogP contribution in [0.5, 0.6) is 0 Å². The summed E-state index contributed by atoms with van der Waals surface area (Å²) in [7, 11) is -4.36. The van der Waals surface area contributed by atoms with Crippen molar-refractivity contribution in [2.24, 2.45) is 0 Å². The van der Waals surface area contributed by atoms with Crippen molar-refractivity contribution < 1.29 is 36.2 Å². The maximum Gasteiger partial charge on any atom is 0.417 e. The van der Waals surface area contributed by atoms with Crippen molar-refractivity contribution in [3.8, 4) is 0 Å². The normalized spacial score (nSPS) is 15.9. The Bertz CT molecular complexity index is 1160. The van der Waals surface area contributed by atoms with Crippen molar-refractivity contribution in [1.82, 2.24) is 4.31 Å². The fraction of sp³-hybridized carbons (Fsp3) is 0.350. The van der Waals surface area contributed by atoms with Gasteiger partial charge in [0.15, 0.2) is 6.54 Å². The van der Waals surface area contributed by atoms with Crippen LogP contribution in [0, 0.1) is 17.0 Å². The van der Waals surface area contributed by atoms with E-state index in [1.165, 1.54) is 24.3 Å². The molecule has 0 radical (unpaired) electrons. The van der Waals surface area contributed by atoms with Crippen molar-refractivity contribution >= 4 is 27.3 Å². The first-order valence-electron chi connectivity index (χ1n) is 9.94. The minimum atomic E-state index is -4.81. The zero-order valence-electron chi connectivity index (χ0n) is 17.6. The molecule has 0 unspecified atom stereocenters. The van der Waals surface area contributed by atoms with Gasteiger partial charge in [-0.1, -0.05) is 18.2 Å². The Hall–Kier alpha value is -3.03. The lowest BCUT2D eigenvalue weighted by Crippen LogP contribution is -3.15. The second-order valence-electron chi connectivity index (χ2n) is 7.63. The summed E-state index contributed by atoms with van der Waals surface area (Å²) in [5.74, 6) is -0.410. The molecule has 33 heavy (non-hydrogen) atoms. The summed E-state index contributed by atoms with van der Waals surface area (Å²) >= 11 is 0. The van der Waals surface area contributed by atoms with E-state index in [0.717, 1.165) is 27.4 Å². The first kappa shape index (κ1) is 24.6. The number of rotatable bonds is 6. The van der Waals surface area contributed by atoms with Crippen LogP contribution in [0.4, 0.5) is 24.5 Å². The van der Waals surface area contributed by atoms with Gasteiger partial charge in [0.05, 0.1) is 47.2 Å². The highest BCUT2D eigenvalue weighted by Crippen LogP contribution is 2.35. The number of carbonyl (C=O) groups is 1. The molecule has 1 aliphatic rings. The number of nitro groups is 1. The number of halogens is 3. The SMILES string of the molecule is Cc1ccc([N+](=O)[O-])cc1NC(=O)C[NH+]1CCN(S(=O)(=O)c2ccccc2C(F)(F)F)CC1. The maximum atomic E-state index is 13.3. The smallest absolute Gasteiger partial charge is 0.325 e. The van der Waals surface area contributed by atoms with Gasteiger partial charge in [-0.15, -0.1) is 0 Å². The fourth-order valence-corrected chi connectivity index (χ4v) is 5.22. The zero-order valence-corrected chi connectivity index (χ0v) is 18.4. The molecule has 13 heteroatoms. The standard InChI is InChI=1S/C20H21F3N4O5S/c1-14-6-7-15(27(29)30)12-17(14)24-19(28)13-25-8-10-26(11-9-25)33(31,32)18-5-3-2-4-16(18)20(21,22)23/h2-7,12H,8-11,13H2,1H3,(H,24,28)/p+1. The molecule has 0 aliphatic carbocycles. The van der Waals surface area contributed by atoms with Crippen molar-refractivity contribution in [3.05, 3.63) is 63.7 Å². The molecule has 0 bridgehead atoms. The van der Waals surface area contributed by atoms with Crippen LogP contribution in [0.15, 0.2) is 47.4 Å². The Morgan fingerprint density at radius 2 is 1.82 bits per heavy atom. The third-order valence-corrected chi connectivity index (χ3v) is 7.31. The summed E-state index contributed by atoms with van der Waals surface area (Å²) in [4.78, 5) is 22.7. The molecule has 1 amide bonds. The molecule has 9 nitrogen and oxygen atoms in total. The minimum absolute atomic E-state index is 0.0187. The van der Waals surface area contributed by atoms with Gasteiger partial charge < -0.3 is 10.2 Å². The van der Waals surface area contributed by atoms with Gasteiger partial charge in [-0.25, -0.2) is 8.42 Å². The topological polar surface area (TPSA) is 114 Å². The molecule has 0 saturated carbocycles. The van der Waals surface area contributed by atoms with Crippen molar-refractivity contribution in [1.29, 1.82) is 0 Å². The second kappa shape index (κ2) is 9.45. The second-order valence-corrected chi connectivity index (χ2v) is 9.54. The number of alkyl halides is 3. The third kappa shape index (κ3) is 5.67. The Balaban J connectivity index is 1.63. The largest absolute Gasteiger partial charge is 0.417 e. The van der Waals surface area contributed by atoms with E-state index in [2.05, 4.69) is 5.32 Å². The monoisotopic (exact) mass is 487 g/mol. The van der Waals surface area contributed by atoms with Gasteiger partial charge in [0.1, 0.15) is 0 Å². The Morgan fingerprint density at radius 3 is 2.42 bits per heavy atom. The van der Waals surface area contributed by atoms with Gasteiger partial charge in [0.25, 0.3) is 11.6 Å². The molecule has 1 heterocycles. The number of piperazine rings is 1. The Labute approximate surface area is 188 Å². The number of amides is 1. The average molecular weight is 487 g/mol. The van der Waals surface area contributed by atoms with Crippen LogP contribution in [-0.4, -0.2) is 56.3 Å². The van der Waals surface area contributed by atoms with Crippen LogP contribution in [0.1, 0.15) is 11.1 Å². The van der Waals surface area contributed by atoms with Crippen LogP contribution in [0.3, 0.4) is 0 Å². The van der Waals surface area contributed by atoms with Crippen molar-refractivity contribution in [3.63, 3.8) is 0 Å². The number of hydrogen-bond acceptors (Lipinski definition) is 5. The number of nitro benzene ring substituents is 1. The summed E-state index contributed by atoms with van der Waals surface area (Å²) in [6.07, 6.45) is -4.81. The first-order chi connectivity index (χ1) is 15.4. The molecule has 2 aromatic rings. The van der Waals surface area contributed by atoms with E-state index in [-0.39, 0.29) is 38.4 Å². The number of benzene rings is 2. The molecule has 178 valence electrons. The molecule has 3 rings (SSSR count). The van der Waals surface area contributed by atoms with Gasteiger partial charge in [-0.3, -0.25) is 14.9 Å². The van der Waals surface area contributed by atoms with E-state index < -0.39 is 37.5 Å². The predicted molar refractivity (Wildman–Crippen MR) is 112 cm³/mol. The highest BCUT2D eigenvalue weighted by molar-refractivity contribution is 7.89. The van der Waals surface area contributed by atoms with Gasteiger partial charge in [0, 0.05) is 12.1 Å². The summed E-state index contributed by atoms with van der Waals surface area (Å²) in [5, 5.41) is 13.6. The molecular weight excluding hydrogens is 465 g/mol. The number of hydrogen-bond donors (Lipinski definition) is 2. The highest BCUT2D eigenvalue weighted by atomic mass is 32.2. The van der Waals surface area contributed by atoms with Crippen LogP contribution in [0.25, 0.3) is 0 Å². The van der Waals surface area contributed by atoms with E-state index >= 15 is 0 Å². The van der Waals surface area contributed by atoms with Gasteiger partial charge in [-0.05, 0) is 24.6 Å². The molecule has 1 aliphatic heterocycles. The predicted octanol–water partition coefficient (Wildman–Crippen LogP) is 1.45. The molecule has 1 fully saturated rings. The number of nitrogens with one attached hydrogen (secondary N) is 2. The van der Waals surface area contributed by atoms with E-state index in [9.17, 15) is 36.5 Å². The lowest BCUT2D eigenvalue weighted by atomic mass is 10.2. The lowest BCUT2D eigenvalue weighted by Gasteiger charge is -2.31. The van der Waals surface area contributed by atoms with Crippen LogP contribution >= 0.6 is 0 Å². The molecule has 2 N–H and O–H groups in total. The Morgan fingerprint density at radius 1 is 1.18 bits per heavy atom. The number of nitrogens with zero attached hydrogens (tertiary/aromatic N) is 2. The van der Waals surface area contributed by atoms with E-state index in [1.54, 1.807) is 6.92 Å². The van der Waals surface area contributed by atoms with Crippen LogP contribution in [0.2, 0.25) is 0 Å². The van der Waals surface area contributed by atoms with E-state index in [0.29, 0.717) is 11.3 Å². The summed E-state index contributed by atoms with van der Waals surface area (Å²) in [6.45, 7) is 2.01. The maximum absolute atomic E-state index is 13.3. The molecule has 2 aromatic carbocycles. The average Bonchev–Trinajstić information content (AvgIpc) is 2.75. The molecular formula is C20H22F3N4O5S+. The van der Waals surface area contributed by atoms with Gasteiger partial charge in [0.2, 0.25) is 10.0 Å². The fourth-order valence-electron chi connectivity index (χ4n) is 3.56. The highest BCUT2D eigenvalue weighted by Gasteiger charge is 2.40. The minimum Gasteiger partial charge on any atom is -0.325 e. The summed E-state index contributed by atoms with van der Waals surface area (Å²) in [6, 6.07) is 8.14. The Kier molecular flexibility index (Phi) is 7.05.